The molecule has 1 saturated heterocycles. The van der Waals surface area contributed by atoms with E-state index in [0.717, 1.165) is 47.0 Å². The molecule has 0 spiro atoms. The van der Waals surface area contributed by atoms with Crippen LogP contribution in [0.25, 0.3) is 21.9 Å². The molecule has 1 aliphatic heterocycles. The van der Waals surface area contributed by atoms with Crippen molar-refractivity contribution >= 4 is 28.2 Å². The van der Waals surface area contributed by atoms with Crippen molar-refractivity contribution in [3.05, 3.63) is 66.6 Å². The summed E-state index contributed by atoms with van der Waals surface area (Å²) in [6.07, 6.45) is 8.25. The van der Waals surface area contributed by atoms with Crippen molar-refractivity contribution in [2.75, 3.05) is 32.6 Å². The zero-order chi connectivity index (χ0) is 25.1. The van der Waals surface area contributed by atoms with Crippen LogP contribution in [0.2, 0.25) is 0 Å². The molecule has 0 aliphatic carbocycles. The number of hydrogen-bond donors (Lipinski definition) is 1. The molecule has 1 amide bonds. The van der Waals surface area contributed by atoms with Crippen LogP contribution in [0.5, 0.6) is 5.75 Å². The predicted octanol–water partition coefficient (Wildman–Crippen LogP) is 5.12. The molecule has 0 unspecified atom stereocenters. The van der Waals surface area contributed by atoms with Gasteiger partial charge in [0.05, 0.1) is 25.1 Å². The Bertz CT molecular complexity index is 1380. The minimum absolute atomic E-state index is 0.0254. The summed E-state index contributed by atoms with van der Waals surface area (Å²) in [5.74, 6) is 1.25. The number of ether oxygens (including phenoxy) is 2. The second-order valence-corrected chi connectivity index (χ2v) is 9.09. The number of hydrogen-bond acceptors (Lipinski definition) is 6. The van der Waals surface area contributed by atoms with Crippen molar-refractivity contribution in [1.82, 2.24) is 19.7 Å². The van der Waals surface area contributed by atoms with E-state index in [9.17, 15) is 4.79 Å². The molecule has 0 bridgehead atoms. The van der Waals surface area contributed by atoms with E-state index in [0.29, 0.717) is 30.2 Å². The highest BCUT2D eigenvalue weighted by Gasteiger charge is 2.31. The molecular weight excluding hydrogens is 454 g/mol. The fourth-order valence-electron chi connectivity index (χ4n) is 4.35. The lowest BCUT2D eigenvalue weighted by molar-refractivity contribution is -0.0192. The molecular formula is C28H31N5O3. The molecule has 1 aliphatic rings. The molecule has 8 nitrogen and oxygen atoms in total. The molecule has 0 atom stereocenters. The molecule has 5 rings (SSSR count). The maximum atomic E-state index is 12.8. The Morgan fingerprint density at radius 2 is 1.92 bits per heavy atom. The normalized spacial score (nSPS) is 13.6. The third-order valence-electron chi connectivity index (χ3n) is 6.61. The largest absolute Gasteiger partial charge is 0.495 e. The number of nitrogens with one attached hydrogen (secondary N) is 1. The van der Waals surface area contributed by atoms with Crippen LogP contribution in [0.1, 0.15) is 30.1 Å². The van der Waals surface area contributed by atoms with Crippen LogP contribution < -0.4 is 10.1 Å². The van der Waals surface area contributed by atoms with Gasteiger partial charge in [-0.05, 0) is 47.7 Å². The van der Waals surface area contributed by atoms with Gasteiger partial charge in [0.15, 0.2) is 0 Å². The number of carbonyl (C=O) groups excluding carboxylic acids is 1. The van der Waals surface area contributed by atoms with Crippen LogP contribution in [0, 0.1) is 0 Å². The Morgan fingerprint density at radius 3 is 2.69 bits per heavy atom. The van der Waals surface area contributed by atoms with Gasteiger partial charge in [0.1, 0.15) is 11.6 Å². The molecule has 36 heavy (non-hydrogen) atoms. The third-order valence-corrected chi connectivity index (χ3v) is 6.61. The number of anilines is 2. The number of nitrogens with zero attached hydrogens (tertiary/aromatic N) is 4. The second kappa shape index (κ2) is 10.4. The fourth-order valence-corrected chi connectivity index (χ4v) is 4.35. The van der Waals surface area contributed by atoms with Crippen LogP contribution in [0.3, 0.4) is 0 Å². The van der Waals surface area contributed by atoms with Crippen molar-refractivity contribution in [3.8, 4) is 16.9 Å². The lowest BCUT2D eigenvalue weighted by Gasteiger charge is -2.38. The Morgan fingerprint density at radius 1 is 1.06 bits per heavy atom. The van der Waals surface area contributed by atoms with Gasteiger partial charge in [-0.25, -0.2) is 4.98 Å². The number of rotatable bonds is 9. The Kier molecular flexibility index (Phi) is 6.86. The van der Waals surface area contributed by atoms with Crippen molar-refractivity contribution in [3.63, 3.8) is 0 Å². The summed E-state index contributed by atoms with van der Waals surface area (Å²) in [4.78, 5) is 19.1. The van der Waals surface area contributed by atoms with Crippen LogP contribution in [-0.4, -0.2) is 59.0 Å². The summed E-state index contributed by atoms with van der Waals surface area (Å²) in [5, 5.41) is 9.97. The zero-order valence-corrected chi connectivity index (χ0v) is 20.9. The molecule has 0 radical (unpaired) electrons. The van der Waals surface area contributed by atoms with E-state index in [1.807, 2.05) is 35.3 Å². The van der Waals surface area contributed by atoms with Gasteiger partial charge >= 0.3 is 0 Å². The monoisotopic (exact) mass is 485 g/mol. The SMILES string of the molecule is CCCCn1cc(-c2ccc3cnc(Nc4ccc(C(=O)N5CC(OC)C5)cc4OC)cc3c2)cn1. The van der Waals surface area contributed by atoms with Crippen molar-refractivity contribution < 1.29 is 14.3 Å². The number of benzene rings is 2. The average Bonchev–Trinajstić information content (AvgIpc) is 3.35. The van der Waals surface area contributed by atoms with E-state index in [4.69, 9.17) is 9.47 Å². The minimum Gasteiger partial charge on any atom is -0.495 e. The van der Waals surface area contributed by atoms with Crippen molar-refractivity contribution in [1.29, 1.82) is 0 Å². The Balaban J connectivity index is 1.35. The molecule has 3 heterocycles. The number of aryl methyl sites for hydroxylation is 1. The number of fused-ring (bicyclic) bond motifs is 1. The first kappa shape index (κ1) is 23.8. The summed E-state index contributed by atoms with van der Waals surface area (Å²) >= 11 is 0. The first-order valence-electron chi connectivity index (χ1n) is 12.3. The molecule has 186 valence electrons. The molecule has 4 aromatic rings. The molecule has 8 heteroatoms. The highest BCUT2D eigenvalue weighted by Crippen LogP contribution is 2.31. The summed E-state index contributed by atoms with van der Waals surface area (Å²) in [6.45, 7) is 4.34. The summed E-state index contributed by atoms with van der Waals surface area (Å²) in [6, 6.07) is 13.8. The van der Waals surface area contributed by atoms with Crippen LogP contribution in [0.4, 0.5) is 11.5 Å². The summed E-state index contributed by atoms with van der Waals surface area (Å²) in [7, 11) is 3.26. The van der Waals surface area contributed by atoms with Gasteiger partial charge in [0.25, 0.3) is 5.91 Å². The first-order valence-corrected chi connectivity index (χ1v) is 12.3. The first-order chi connectivity index (χ1) is 17.6. The number of carbonyl (C=O) groups is 1. The van der Waals surface area contributed by atoms with Gasteiger partial charge in [-0.2, -0.15) is 5.10 Å². The summed E-state index contributed by atoms with van der Waals surface area (Å²) in [5.41, 5.74) is 3.54. The van der Waals surface area contributed by atoms with E-state index in [1.165, 1.54) is 0 Å². The average molecular weight is 486 g/mol. The summed E-state index contributed by atoms with van der Waals surface area (Å²) < 4.78 is 12.9. The minimum atomic E-state index is -0.0254. The second-order valence-electron chi connectivity index (χ2n) is 9.09. The maximum absolute atomic E-state index is 12.8. The standard InChI is InChI=1S/C28H31N5O3/c1-4-5-10-33-16-23(15-30-33)19-6-7-21-14-29-27(13-22(21)11-19)31-25-9-8-20(12-26(25)36-3)28(34)32-17-24(18-32)35-2/h6-9,11-16,24H,4-5,10,17-18H2,1-3H3,(H,29,31). The molecule has 2 aromatic carbocycles. The molecule has 1 N–H and O–H groups in total. The van der Waals surface area contributed by atoms with Crippen LogP contribution in [-0.2, 0) is 11.3 Å². The van der Waals surface area contributed by atoms with Crippen molar-refractivity contribution in [2.24, 2.45) is 0 Å². The molecule has 2 aromatic heterocycles. The van der Waals surface area contributed by atoms with E-state index in [1.54, 1.807) is 25.2 Å². The number of methoxy groups -OCH3 is 2. The van der Waals surface area contributed by atoms with E-state index in [2.05, 4.69) is 46.7 Å². The number of aromatic nitrogens is 3. The predicted molar refractivity (Wildman–Crippen MR) is 141 cm³/mol. The van der Waals surface area contributed by atoms with Crippen LogP contribution >= 0.6 is 0 Å². The number of amides is 1. The zero-order valence-electron chi connectivity index (χ0n) is 20.9. The van der Waals surface area contributed by atoms with Crippen molar-refractivity contribution in [2.45, 2.75) is 32.4 Å². The van der Waals surface area contributed by atoms with Gasteiger partial charge < -0.3 is 19.7 Å². The van der Waals surface area contributed by atoms with Gasteiger partial charge in [0.2, 0.25) is 0 Å². The maximum Gasteiger partial charge on any atom is 0.254 e. The quantitative estimate of drug-likeness (QED) is 0.354. The fraction of sp³-hybridized carbons (Fsp3) is 0.321. The van der Waals surface area contributed by atoms with Gasteiger partial charge in [0, 0.05) is 55.7 Å². The number of likely N-dealkylation sites (tertiary alicyclic amines) is 1. The Labute approximate surface area is 210 Å². The van der Waals surface area contributed by atoms with Gasteiger partial charge in [-0.15, -0.1) is 0 Å². The van der Waals surface area contributed by atoms with E-state index in [-0.39, 0.29) is 12.0 Å². The topological polar surface area (TPSA) is 81.5 Å². The van der Waals surface area contributed by atoms with E-state index >= 15 is 0 Å². The van der Waals surface area contributed by atoms with E-state index < -0.39 is 0 Å². The van der Waals surface area contributed by atoms with Crippen LogP contribution in [0.15, 0.2) is 61.1 Å². The Hall–Kier alpha value is -3.91. The lowest BCUT2D eigenvalue weighted by Crippen LogP contribution is -2.54. The molecule has 1 fully saturated rings. The lowest BCUT2D eigenvalue weighted by atomic mass is 10.0. The van der Waals surface area contributed by atoms with Gasteiger partial charge in [-0.1, -0.05) is 25.5 Å². The smallest absolute Gasteiger partial charge is 0.254 e. The highest BCUT2D eigenvalue weighted by molar-refractivity contribution is 5.96. The third kappa shape index (κ3) is 4.90. The number of unbranched alkanes of at least 4 members (excludes halogenated alkanes) is 1. The van der Waals surface area contributed by atoms with Gasteiger partial charge in [-0.3, -0.25) is 9.48 Å². The number of pyridine rings is 1. The highest BCUT2D eigenvalue weighted by atomic mass is 16.5. The molecule has 0 saturated carbocycles.